The maximum absolute atomic E-state index is 12.8. The van der Waals surface area contributed by atoms with E-state index < -0.39 is 6.10 Å². The Morgan fingerprint density at radius 3 is 2.72 bits per heavy atom. The molecule has 1 amide bonds. The van der Waals surface area contributed by atoms with Crippen LogP contribution in [0, 0.1) is 6.92 Å². The van der Waals surface area contributed by atoms with Gasteiger partial charge in [-0.15, -0.1) is 0 Å². The Kier molecular flexibility index (Phi) is 6.10. The van der Waals surface area contributed by atoms with Crippen LogP contribution >= 0.6 is 0 Å². The van der Waals surface area contributed by atoms with Crippen LogP contribution in [-0.4, -0.2) is 72.4 Å². The van der Waals surface area contributed by atoms with Crippen LogP contribution in [0.5, 0.6) is 0 Å². The van der Waals surface area contributed by atoms with E-state index in [1.807, 2.05) is 38.2 Å². The minimum Gasteiger partial charge on any atom is -0.389 e. The molecular formula is C20H30N2O3. The quantitative estimate of drug-likeness (QED) is 0.900. The number of aliphatic hydroxyl groups excluding tert-OH is 1. The van der Waals surface area contributed by atoms with Crippen molar-refractivity contribution < 1.29 is 14.6 Å². The summed E-state index contributed by atoms with van der Waals surface area (Å²) in [5.41, 5.74) is 2.20. The Morgan fingerprint density at radius 2 is 2.00 bits per heavy atom. The Morgan fingerprint density at radius 1 is 1.28 bits per heavy atom. The average Bonchev–Trinajstić information content (AvgIpc) is 2.64. The lowest BCUT2D eigenvalue weighted by Gasteiger charge is -2.45. The number of benzene rings is 1. The Hall–Kier alpha value is -1.43. The van der Waals surface area contributed by atoms with Gasteiger partial charge in [0, 0.05) is 26.2 Å². The summed E-state index contributed by atoms with van der Waals surface area (Å²) in [7, 11) is 1.84. The van der Waals surface area contributed by atoms with Gasteiger partial charge in [0.15, 0.2) is 0 Å². The molecule has 1 saturated carbocycles. The second-order valence-electron chi connectivity index (χ2n) is 7.31. The topological polar surface area (TPSA) is 53.0 Å². The molecule has 1 saturated heterocycles. The van der Waals surface area contributed by atoms with E-state index in [1.54, 1.807) is 4.90 Å². The van der Waals surface area contributed by atoms with Gasteiger partial charge in [0.05, 0.1) is 31.8 Å². The average molecular weight is 346 g/mol. The number of hydrogen-bond donors (Lipinski definition) is 1. The number of carbonyl (C=O) groups excluding carboxylic acids is 1. The van der Waals surface area contributed by atoms with Crippen LogP contribution in [0.2, 0.25) is 0 Å². The lowest BCUT2D eigenvalue weighted by Crippen LogP contribution is -2.58. The Labute approximate surface area is 150 Å². The third-order valence-electron chi connectivity index (χ3n) is 5.80. The molecule has 2 fully saturated rings. The fraction of sp³-hybridized carbons (Fsp3) is 0.650. The second-order valence-corrected chi connectivity index (χ2v) is 7.31. The van der Waals surface area contributed by atoms with Crippen molar-refractivity contribution in [2.75, 3.05) is 33.4 Å². The molecule has 5 heteroatoms. The molecule has 1 aliphatic heterocycles. The molecule has 0 spiro atoms. The normalized spacial score (nSPS) is 27.9. The van der Waals surface area contributed by atoms with E-state index >= 15 is 0 Å². The van der Waals surface area contributed by atoms with E-state index in [-0.39, 0.29) is 18.0 Å². The van der Waals surface area contributed by atoms with E-state index in [9.17, 15) is 9.90 Å². The number of nitrogens with zero attached hydrogens (tertiary/aromatic N) is 2. The van der Waals surface area contributed by atoms with E-state index in [4.69, 9.17) is 4.74 Å². The summed E-state index contributed by atoms with van der Waals surface area (Å²) in [6.07, 6.45) is 2.83. The molecule has 1 aromatic carbocycles. The highest BCUT2D eigenvalue weighted by atomic mass is 16.5. The standard InChI is InChI=1S/C20H30N2O3/c1-15-6-3-4-7-16(15)14-19(23)21(2)17-8-5-9-18(20(17)24)22-10-12-25-13-11-22/h3-4,6-7,17-18,20,24H,5,8-14H2,1-2H3/t17-,18-,20-/m1/s1. The van der Waals surface area contributed by atoms with Gasteiger partial charge in [0.1, 0.15) is 0 Å². The van der Waals surface area contributed by atoms with Crippen molar-refractivity contribution in [2.45, 2.75) is 50.8 Å². The van der Waals surface area contributed by atoms with Crippen molar-refractivity contribution >= 4 is 5.91 Å². The molecule has 5 nitrogen and oxygen atoms in total. The first-order chi connectivity index (χ1) is 12.1. The molecular weight excluding hydrogens is 316 g/mol. The summed E-state index contributed by atoms with van der Waals surface area (Å²) < 4.78 is 5.43. The fourth-order valence-electron chi connectivity index (χ4n) is 4.15. The van der Waals surface area contributed by atoms with E-state index in [2.05, 4.69) is 4.90 Å². The van der Waals surface area contributed by atoms with Crippen LogP contribution in [0.15, 0.2) is 24.3 Å². The second kappa shape index (κ2) is 8.30. The van der Waals surface area contributed by atoms with Crippen LogP contribution in [0.1, 0.15) is 30.4 Å². The molecule has 2 aliphatic rings. The molecule has 3 atom stereocenters. The maximum Gasteiger partial charge on any atom is 0.227 e. The third-order valence-corrected chi connectivity index (χ3v) is 5.80. The predicted octanol–water partition coefficient (Wildman–Crippen LogP) is 1.61. The highest BCUT2D eigenvalue weighted by Gasteiger charge is 2.39. The molecule has 1 heterocycles. The number of rotatable bonds is 4. The summed E-state index contributed by atoms with van der Waals surface area (Å²) in [5, 5.41) is 10.9. The Balaban J connectivity index is 1.64. The van der Waals surface area contributed by atoms with Gasteiger partial charge in [0.25, 0.3) is 0 Å². The maximum atomic E-state index is 12.8. The van der Waals surface area contributed by atoms with Gasteiger partial charge in [-0.2, -0.15) is 0 Å². The van der Waals surface area contributed by atoms with Crippen LogP contribution in [0.3, 0.4) is 0 Å². The van der Waals surface area contributed by atoms with Gasteiger partial charge < -0.3 is 14.7 Å². The SMILES string of the molecule is Cc1ccccc1CC(=O)N(C)[C@@H]1CCC[C@@H](N2CCOCC2)[C@@H]1O. The van der Waals surface area contributed by atoms with Gasteiger partial charge in [-0.25, -0.2) is 0 Å². The van der Waals surface area contributed by atoms with Gasteiger partial charge in [0.2, 0.25) is 5.91 Å². The van der Waals surface area contributed by atoms with Crippen molar-refractivity contribution in [2.24, 2.45) is 0 Å². The van der Waals surface area contributed by atoms with Crippen LogP contribution in [-0.2, 0) is 16.0 Å². The lowest BCUT2D eigenvalue weighted by atomic mass is 9.85. The molecule has 1 aromatic rings. The largest absolute Gasteiger partial charge is 0.389 e. The number of carbonyl (C=O) groups is 1. The molecule has 1 N–H and O–H groups in total. The molecule has 0 bridgehead atoms. The summed E-state index contributed by atoms with van der Waals surface area (Å²) in [5.74, 6) is 0.0842. The van der Waals surface area contributed by atoms with E-state index in [1.165, 1.54) is 0 Å². The summed E-state index contributed by atoms with van der Waals surface area (Å²) in [6.45, 7) is 5.24. The smallest absolute Gasteiger partial charge is 0.227 e. The molecule has 25 heavy (non-hydrogen) atoms. The highest BCUT2D eigenvalue weighted by Crippen LogP contribution is 2.28. The molecule has 0 unspecified atom stereocenters. The van der Waals surface area contributed by atoms with Gasteiger partial charge >= 0.3 is 0 Å². The minimum absolute atomic E-state index is 0.0842. The lowest BCUT2D eigenvalue weighted by molar-refractivity contribution is -0.137. The fourth-order valence-corrected chi connectivity index (χ4v) is 4.15. The molecule has 138 valence electrons. The number of hydrogen-bond acceptors (Lipinski definition) is 4. The van der Waals surface area contributed by atoms with Crippen molar-refractivity contribution in [1.29, 1.82) is 0 Å². The summed E-state index contributed by atoms with van der Waals surface area (Å²) in [4.78, 5) is 16.9. The highest BCUT2D eigenvalue weighted by molar-refractivity contribution is 5.79. The van der Waals surface area contributed by atoms with Crippen molar-refractivity contribution in [1.82, 2.24) is 9.80 Å². The number of likely N-dealkylation sites (N-methyl/N-ethyl adjacent to an activating group) is 1. The molecule has 1 aliphatic carbocycles. The summed E-state index contributed by atoms with van der Waals surface area (Å²) in [6, 6.07) is 8.04. The van der Waals surface area contributed by atoms with Crippen LogP contribution in [0.4, 0.5) is 0 Å². The zero-order valence-electron chi connectivity index (χ0n) is 15.4. The van der Waals surface area contributed by atoms with E-state index in [0.717, 1.165) is 56.7 Å². The van der Waals surface area contributed by atoms with E-state index in [0.29, 0.717) is 6.42 Å². The van der Waals surface area contributed by atoms with Crippen LogP contribution < -0.4 is 0 Å². The first kappa shape index (κ1) is 18.4. The van der Waals surface area contributed by atoms with Crippen molar-refractivity contribution in [3.63, 3.8) is 0 Å². The van der Waals surface area contributed by atoms with Crippen molar-refractivity contribution in [3.05, 3.63) is 35.4 Å². The first-order valence-electron chi connectivity index (χ1n) is 9.38. The van der Waals surface area contributed by atoms with Crippen LogP contribution in [0.25, 0.3) is 0 Å². The van der Waals surface area contributed by atoms with Crippen molar-refractivity contribution in [3.8, 4) is 0 Å². The number of morpholine rings is 1. The summed E-state index contributed by atoms with van der Waals surface area (Å²) >= 11 is 0. The Bertz CT molecular complexity index is 586. The molecule has 0 aromatic heterocycles. The first-order valence-corrected chi connectivity index (χ1v) is 9.38. The monoisotopic (exact) mass is 346 g/mol. The van der Waals surface area contributed by atoms with Gasteiger partial charge in [-0.1, -0.05) is 24.3 Å². The zero-order chi connectivity index (χ0) is 17.8. The van der Waals surface area contributed by atoms with Gasteiger partial charge in [-0.05, 0) is 37.3 Å². The number of ether oxygens (including phenoxy) is 1. The number of amides is 1. The van der Waals surface area contributed by atoms with Gasteiger partial charge in [-0.3, -0.25) is 9.69 Å². The number of aliphatic hydroxyl groups is 1. The predicted molar refractivity (Wildman–Crippen MR) is 97.5 cm³/mol. The molecule has 3 rings (SSSR count). The third kappa shape index (κ3) is 4.22. The zero-order valence-corrected chi connectivity index (χ0v) is 15.4. The molecule has 0 radical (unpaired) electrons. The number of aryl methyl sites for hydroxylation is 1. The minimum atomic E-state index is -0.488.